The largest absolute Gasteiger partial charge is 0.508 e. The van der Waals surface area contributed by atoms with Crippen LogP contribution < -0.4 is 14.2 Å². The van der Waals surface area contributed by atoms with Gasteiger partial charge in [0.15, 0.2) is 23.1 Å². The number of ether oxygens (including phenoxy) is 4. The van der Waals surface area contributed by atoms with Crippen molar-refractivity contribution in [3.63, 3.8) is 0 Å². The first-order valence-corrected chi connectivity index (χ1v) is 11.6. The van der Waals surface area contributed by atoms with Crippen LogP contribution in [-0.2, 0) is 17.6 Å². The number of phenolic OH excluding ortho intramolecular Hbond substituents is 1. The van der Waals surface area contributed by atoms with Crippen LogP contribution in [0.4, 0.5) is 4.79 Å². The van der Waals surface area contributed by atoms with Gasteiger partial charge in [-0.2, -0.15) is 0 Å². The van der Waals surface area contributed by atoms with Crippen molar-refractivity contribution in [2.24, 2.45) is 0 Å². The van der Waals surface area contributed by atoms with E-state index in [4.69, 9.17) is 24.1 Å². The average molecular weight is 487 g/mol. The third-order valence-electron chi connectivity index (χ3n) is 5.62. The number of aryl methyl sites for hydroxylation is 1. The fourth-order valence-corrected chi connectivity index (χ4v) is 3.95. The van der Waals surface area contributed by atoms with Crippen molar-refractivity contribution in [1.82, 2.24) is 0 Å². The lowest BCUT2D eigenvalue weighted by molar-refractivity contribution is -0.0648. The molecule has 2 aromatic carbocycles. The van der Waals surface area contributed by atoms with E-state index in [0.717, 1.165) is 12.0 Å². The van der Waals surface area contributed by atoms with Gasteiger partial charge in [0.05, 0.1) is 24.3 Å². The Balaban J connectivity index is 1.68. The van der Waals surface area contributed by atoms with Crippen molar-refractivity contribution >= 4 is 17.7 Å². The molecule has 9 nitrogen and oxygen atoms in total. The third-order valence-corrected chi connectivity index (χ3v) is 5.62. The van der Waals surface area contributed by atoms with Crippen LogP contribution in [0.2, 0.25) is 0 Å². The molecule has 9 heteroatoms. The molecule has 0 aromatic heterocycles. The first-order chi connectivity index (χ1) is 16.7. The van der Waals surface area contributed by atoms with Crippen LogP contribution in [0.3, 0.4) is 0 Å². The van der Waals surface area contributed by atoms with Gasteiger partial charge in [-0.15, -0.1) is 0 Å². The molecule has 0 amide bonds. The minimum absolute atomic E-state index is 0.0506. The quantitative estimate of drug-likeness (QED) is 0.258. The predicted molar refractivity (Wildman–Crippen MR) is 126 cm³/mol. The summed E-state index contributed by atoms with van der Waals surface area (Å²) in [5.74, 6) is 0.591. The summed E-state index contributed by atoms with van der Waals surface area (Å²) < 4.78 is 22.2. The number of fused-ring (bicyclic) bond motifs is 1. The zero-order valence-electron chi connectivity index (χ0n) is 20.1. The summed E-state index contributed by atoms with van der Waals surface area (Å²) in [6, 6.07) is 6.67. The summed E-state index contributed by atoms with van der Waals surface area (Å²) in [4.78, 5) is 34.8. The van der Waals surface area contributed by atoms with E-state index < -0.39 is 12.4 Å². The molecule has 3 rings (SSSR count). The zero-order chi connectivity index (χ0) is 25.5. The van der Waals surface area contributed by atoms with Gasteiger partial charge >= 0.3 is 6.16 Å². The molecule has 1 unspecified atom stereocenters. The second kappa shape index (κ2) is 11.6. The molecule has 1 heterocycles. The monoisotopic (exact) mass is 486 g/mol. The van der Waals surface area contributed by atoms with E-state index in [1.807, 2.05) is 6.92 Å². The van der Waals surface area contributed by atoms with Crippen molar-refractivity contribution in [1.29, 1.82) is 0 Å². The van der Waals surface area contributed by atoms with E-state index in [2.05, 4.69) is 0 Å². The van der Waals surface area contributed by atoms with Crippen LogP contribution in [0.25, 0.3) is 0 Å². The van der Waals surface area contributed by atoms with Gasteiger partial charge in [0.2, 0.25) is 6.29 Å². The summed E-state index contributed by atoms with van der Waals surface area (Å²) in [5, 5.41) is 19.4. The Labute approximate surface area is 203 Å². The number of carboxylic acid groups (broad SMARTS) is 1. The first-order valence-electron chi connectivity index (χ1n) is 11.6. The van der Waals surface area contributed by atoms with Gasteiger partial charge in [0.25, 0.3) is 0 Å². The molecule has 188 valence electrons. The van der Waals surface area contributed by atoms with Crippen LogP contribution in [0, 0.1) is 0 Å². The molecule has 0 saturated carbocycles. The maximum atomic E-state index is 12.2. The number of ketones is 2. The van der Waals surface area contributed by atoms with E-state index in [9.17, 15) is 19.5 Å². The van der Waals surface area contributed by atoms with E-state index in [0.29, 0.717) is 48.3 Å². The van der Waals surface area contributed by atoms with Gasteiger partial charge in [-0.25, -0.2) is 4.79 Å². The summed E-state index contributed by atoms with van der Waals surface area (Å²) in [6.07, 6.45) is 0.256. The van der Waals surface area contributed by atoms with Crippen LogP contribution in [0.1, 0.15) is 71.9 Å². The molecule has 0 radical (unpaired) electrons. The lowest BCUT2D eigenvalue weighted by Gasteiger charge is -2.27. The Morgan fingerprint density at radius 3 is 2.37 bits per heavy atom. The van der Waals surface area contributed by atoms with Gasteiger partial charge in [-0.1, -0.05) is 19.4 Å². The van der Waals surface area contributed by atoms with E-state index >= 15 is 0 Å². The van der Waals surface area contributed by atoms with Gasteiger partial charge in [0, 0.05) is 18.4 Å². The molecule has 2 aromatic rings. The standard InChI is InChI=1S/C26H30O9/c1-4-6-20-21(11-10-18(15(2)27)23(20)29)32-13-5-14-33-25-19(16(3)28)9-7-17-8-12-22(34-24(17)25)35-26(30)31/h7,9-11,22,29H,4-6,8,12-14H2,1-3H3,(H,30,31). The van der Waals surface area contributed by atoms with Crippen LogP contribution in [0.5, 0.6) is 23.0 Å². The number of phenols is 1. The number of Topliss-reactive ketones (excluding diaryl/α,β-unsaturated/α-hetero) is 2. The highest BCUT2D eigenvalue weighted by atomic mass is 16.8. The number of hydrogen-bond acceptors (Lipinski definition) is 8. The second-order valence-electron chi connectivity index (χ2n) is 8.25. The second-order valence-corrected chi connectivity index (χ2v) is 8.25. The van der Waals surface area contributed by atoms with Crippen molar-refractivity contribution < 1.29 is 43.5 Å². The third kappa shape index (κ3) is 6.23. The van der Waals surface area contributed by atoms with Gasteiger partial charge in [-0.05, 0) is 50.5 Å². The average Bonchev–Trinajstić information content (AvgIpc) is 2.80. The normalized spacial score (nSPS) is 14.4. The number of hydrogen-bond donors (Lipinski definition) is 2. The predicted octanol–water partition coefficient (Wildman–Crippen LogP) is 4.94. The van der Waals surface area contributed by atoms with Crippen molar-refractivity contribution in [3.05, 3.63) is 46.5 Å². The molecular weight excluding hydrogens is 456 g/mol. The fraction of sp³-hybridized carbons (Fsp3) is 0.423. The summed E-state index contributed by atoms with van der Waals surface area (Å²) in [6.45, 7) is 5.26. The minimum atomic E-state index is -1.44. The maximum Gasteiger partial charge on any atom is 0.508 e. The molecule has 0 fully saturated rings. The number of carbonyl (C=O) groups is 3. The number of aromatic hydroxyl groups is 1. The zero-order valence-corrected chi connectivity index (χ0v) is 20.1. The molecule has 1 atom stereocenters. The van der Waals surface area contributed by atoms with E-state index in [1.165, 1.54) is 13.8 Å². The molecule has 0 aliphatic carbocycles. The highest BCUT2D eigenvalue weighted by molar-refractivity contribution is 5.98. The van der Waals surface area contributed by atoms with Crippen LogP contribution in [0.15, 0.2) is 24.3 Å². The Kier molecular flexibility index (Phi) is 8.57. The molecule has 1 aliphatic rings. The van der Waals surface area contributed by atoms with Gasteiger partial charge < -0.3 is 29.2 Å². The van der Waals surface area contributed by atoms with Gasteiger partial charge in [-0.3, -0.25) is 9.59 Å². The number of rotatable bonds is 11. The number of carbonyl (C=O) groups excluding carboxylic acids is 2. The minimum Gasteiger partial charge on any atom is -0.507 e. The lowest BCUT2D eigenvalue weighted by atomic mass is 10.0. The molecule has 35 heavy (non-hydrogen) atoms. The Hall–Kier alpha value is -3.75. The Bertz CT molecular complexity index is 1110. The Morgan fingerprint density at radius 2 is 1.71 bits per heavy atom. The fourth-order valence-electron chi connectivity index (χ4n) is 3.95. The molecule has 0 saturated heterocycles. The van der Waals surface area contributed by atoms with E-state index in [1.54, 1.807) is 24.3 Å². The van der Waals surface area contributed by atoms with Crippen LogP contribution in [-0.4, -0.2) is 47.4 Å². The van der Waals surface area contributed by atoms with Crippen LogP contribution >= 0.6 is 0 Å². The van der Waals surface area contributed by atoms with Crippen molar-refractivity contribution in [2.45, 2.75) is 59.2 Å². The van der Waals surface area contributed by atoms with Gasteiger partial charge in [0.1, 0.15) is 11.5 Å². The highest BCUT2D eigenvalue weighted by Gasteiger charge is 2.28. The molecule has 0 spiro atoms. The van der Waals surface area contributed by atoms with Crippen molar-refractivity contribution in [3.8, 4) is 23.0 Å². The lowest BCUT2D eigenvalue weighted by Crippen LogP contribution is -2.28. The SMILES string of the molecule is CCCc1c(OCCCOc2c(C(C)=O)ccc3c2OC(OC(=O)O)CC3)ccc(C(C)=O)c1O. The highest BCUT2D eigenvalue weighted by Crippen LogP contribution is 2.40. The molecule has 2 N–H and O–H groups in total. The summed E-state index contributed by atoms with van der Waals surface area (Å²) in [5.41, 5.74) is 1.99. The first kappa shape index (κ1) is 25.9. The molecular formula is C26H30O9. The summed E-state index contributed by atoms with van der Waals surface area (Å²) >= 11 is 0. The summed E-state index contributed by atoms with van der Waals surface area (Å²) in [7, 11) is 0. The molecule has 1 aliphatic heterocycles. The number of benzene rings is 2. The smallest absolute Gasteiger partial charge is 0.507 e. The maximum absolute atomic E-state index is 12.2. The van der Waals surface area contributed by atoms with Crippen molar-refractivity contribution in [2.75, 3.05) is 13.2 Å². The van der Waals surface area contributed by atoms with E-state index in [-0.39, 0.29) is 41.8 Å². The molecule has 0 bridgehead atoms. The topological polar surface area (TPSA) is 129 Å². The Morgan fingerprint density at radius 1 is 1.03 bits per heavy atom.